The molecule has 0 spiro atoms. The first-order chi connectivity index (χ1) is 15.2. The quantitative estimate of drug-likeness (QED) is 0.516. The maximum atomic E-state index is 13.6. The first-order valence-electron chi connectivity index (χ1n) is 10.7. The Hall–Kier alpha value is -3.25. The fourth-order valence-corrected chi connectivity index (χ4v) is 4.63. The van der Waals surface area contributed by atoms with E-state index in [0.717, 1.165) is 40.6 Å². The number of Topliss-reactive ketones (excluding diaryl/α,β-unsaturated/α-hetero) is 1. The molecule has 1 aromatic heterocycles. The molecule has 0 amide bonds. The summed E-state index contributed by atoms with van der Waals surface area (Å²) in [5.41, 5.74) is 4.85. The van der Waals surface area contributed by atoms with E-state index < -0.39 is 24.3 Å². The number of carboxylic acids is 1. The van der Waals surface area contributed by atoms with Gasteiger partial charge in [-0.25, -0.2) is 4.39 Å². The van der Waals surface area contributed by atoms with Crippen LogP contribution in [0.4, 0.5) is 4.39 Å². The lowest BCUT2D eigenvalue weighted by Gasteiger charge is -2.34. The summed E-state index contributed by atoms with van der Waals surface area (Å²) in [4.78, 5) is 22.5. The molecular formula is C26H26FNO4. The molecule has 0 fully saturated rings. The fourth-order valence-electron chi connectivity index (χ4n) is 4.63. The van der Waals surface area contributed by atoms with Gasteiger partial charge in [-0.05, 0) is 56.0 Å². The molecule has 166 valence electrons. The van der Waals surface area contributed by atoms with Gasteiger partial charge in [-0.15, -0.1) is 0 Å². The Morgan fingerprint density at radius 1 is 1.19 bits per heavy atom. The smallest absolute Gasteiger partial charge is 0.310 e. The van der Waals surface area contributed by atoms with Crippen LogP contribution >= 0.6 is 0 Å². The number of ketones is 1. The van der Waals surface area contributed by atoms with Crippen molar-refractivity contribution >= 4 is 28.7 Å². The largest absolute Gasteiger partial charge is 0.481 e. The third-order valence-electron chi connectivity index (χ3n) is 6.12. The number of hydrogen-bond donors (Lipinski definition) is 2. The second kappa shape index (κ2) is 8.36. The third-order valence-corrected chi connectivity index (χ3v) is 6.12. The fraction of sp³-hybridized carbons (Fsp3) is 0.308. The summed E-state index contributed by atoms with van der Waals surface area (Å²) in [7, 11) is 0. The van der Waals surface area contributed by atoms with E-state index >= 15 is 0 Å². The molecule has 0 aliphatic carbocycles. The molecule has 4 rings (SSSR count). The number of aromatic nitrogens is 1. The van der Waals surface area contributed by atoms with Crippen LogP contribution in [0.25, 0.3) is 28.1 Å². The van der Waals surface area contributed by atoms with Gasteiger partial charge in [0.2, 0.25) is 0 Å². The number of carbonyl (C=O) groups excluding carboxylic acids is 1. The Morgan fingerprint density at radius 2 is 1.91 bits per heavy atom. The normalized spacial score (nSPS) is 15.9. The summed E-state index contributed by atoms with van der Waals surface area (Å²) in [6, 6.07) is 12.6. The molecule has 0 bridgehead atoms. The van der Waals surface area contributed by atoms with Crippen LogP contribution < -0.4 is 0 Å². The van der Waals surface area contributed by atoms with E-state index in [0.29, 0.717) is 0 Å². The third kappa shape index (κ3) is 4.10. The standard InChI is InChI=1S/C26H26FNO4/c1-26(2)13-12-17-4-3-5-21-24(16-6-8-18(27)9-7-16)22(28(26)25(17)21)11-10-19(29)14-20(30)15-23(31)32/h3-11,19,29H,12-15H2,1-2H3,(H,31,32)/b11-10+. The summed E-state index contributed by atoms with van der Waals surface area (Å²) in [6.07, 6.45) is 3.26. The number of carbonyl (C=O) groups is 2. The van der Waals surface area contributed by atoms with Crippen LogP contribution in [0.1, 0.15) is 44.4 Å². The van der Waals surface area contributed by atoms with E-state index in [9.17, 15) is 19.1 Å². The minimum absolute atomic E-state index is 0.186. The summed E-state index contributed by atoms with van der Waals surface area (Å²) in [5.74, 6) is -2.05. The Balaban J connectivity index is 1.86. The van der Waals surface area contributed by atoms with Crippen molar-refractivity contribution in [2.45, 2.75) is 51.2 Å². The zero-order valence-electron chi connectivity index (χ0n) is 18.1. The summed E-state index contributed by atoms with van der Waals surface area (Å²) < 4.78 is 15.9. The van der Waals surface area contributed by atoms with E-state index in [2.05, 4.69) is 30.5 Å². The highest BCUT2D eigenvalue weighted by molar-refractivity contribution is 6.02. The van der Waals surface area contributed by atoms with Gasteiger partial charge in [0.1, 0.15) is 18.0 Å². The molecule has 0 saturated carbocycles. The number of benzene rings is 2. The maximum absolute atomic E-state index is 13.6. The average molecular weight is 435 g/mol. The monoisotopic (exact) mass is 435 g/mol. The van der Waals surface area contributed by atoms with Crippen molar-refractivity contribution in [1.29, 1.82) is 0 Å². The Morgan fingerprint density at radius 3 is 2.59 bits per heavy atom. The number of aliphatic carboxylic acids is 1. The molecule has 1 atom stereocenters. The average Bonchev–Trinajstić information content (AvgIpc) is 3.06. The van der Waals surface area contributed by atoms with Gasteiger partial charge in [0, 0.05) is 28.6 Å². The number of rotatable bonds is 7. The van der Waals surface area contributed by atoms with Crippen molar-refractivity contribution in [1.82, 2.24) is 4.57 Å². The van der Waals surface area contributed by atoms with Gasteiger partial charge in [0.15, 0.2) is 0 Å². The molecule has 2 aromatic carbocycles. The zero-order chi connectivity index (χ0) is 23.0. The number of hydrogen-bond acceptors (Lipinski definition) is 3. The number of aliphatic hydroxyl groups excluding tert-OH is 1. The Bertz CT molecular complexity index is 1220. The molecule has 5 nitrogen and oxygen atoms in total. The van der Waals surface area contributed by atoms with E-state index in [1.807, 2.05) is 6.07 Å². The van der Waals surface area contributed by atoms with Crippen molar-refractivity contribution in [3.8, 4) is 11.1 Å². The van der Waals surface area contributed by atoms with E-state index in [-0.39, 0.29) is 17.8 Å². The van der Waals surface area contributed by atoms with Gasteiger partial charge in [-0.2, -0.15) is 0 Å². The number of aryl methyl sites for hydroxylation is 1. The van der Waals surface area contributed by atoms with Crippen LogP contribution in [0.2, 0.25) is 0 Å². The van der Waals surface area contributed by atoms with Crippen LogP contribution in [-0.4, -0.2) is 32.6 Å². The van der Waals surface area contributed by atoms with E-state index in [1.165, 1.54) is 23.8 Å². The highest BCUT2D eigenvalue weighted by Gasteiger charge is 2.32. The second-order valence-corrected chi connectivity index (χ2v) is 8.97. The molecule has 32 heavy (non-hydrogen) atoms. The van der Waals surface area contributed by atoms with Crippen LogP contribution in [0.15, 0.2) is 48.5 Å². The lowest BCUT2D eigenvalue weighted by molar-refractivity contribution is -0.140. The van der Waals surface area contributed by atoms with Gasteiger partial charge in [0.05, 0.1) is 11.6 Å². The molecule has 1 unspecified atom stereocenters. The number of carboxylic acid groups (broad SMARTS) is 1. The van der Waals surface area contributed by atoms with Crippen LogP contribution in [-0.2, 0) is 21.5 Å². The molecule has 0 saturated heterocycles. The molecule has 2 heterocycles. The molecule has 1 aliphatic heterocycles. The number of aliphatic hydroxyl groups is 1. The number of nitrogens with zero attached hydrogens (tertiary/aromatic N) is 1. The SMILES string of the molecule is CC1(C)CCc2cccc3c(-c4ccc(F)cc4)c(/C=C/C(O)CC(=O)CC(=O)O)n1c23. The lowest BCUT2D eigenvalue weighted by Crippen LogP contribution is -2.31. The molecule has 3 aromatic rings. The van der Waals surface area contributed by atoms with Gasteiger partial charge in [-0.1, -0.05) is 36.4 Å². The maximum Gasteiger partial charge on any atom is 0.310 e. The summed E-state index contributed by atoms with van der Waals surface area (Å²) in [6.45, 7) is 4.34. The minimum atomic E-state index is -1.21. The first-order valence-corrected chi connectivity index (χ1v) is 10.7. The van der Waals surface area contributed by atoms with Crippen molar-refractivity contribution < 1.29 is 24.2 Å². The zero-order valence-corrected chi connectivity index (χ0v) is 18.1. The van der Waals surface area contributed by atoms with Crippen LogP contribution in [0.3, 0.4) is 0 Å². The van der Waals surface area contributed by atoms with E-state index in [1.54, 1.807) is 18.2 Å². The topological polar surface area (TPSA) is 79.5 Å². The molecule has 1 aliphatic rings. The van der Waals surface area contributed by atoms with Gasteiger partial charge in [0.25, 0.3) is 0 Å². The van der Waals surface area contributed by atoms with Crippen molar-refractivity contribution in [2.24, 2.45) is 0 Å². The highest BCUT2D eigenvalue weighted by Crippen LogP contribution is 2.44. The molecular weight excluding hydrogens is 409 g/mol. The van der Waals surface area contributed by atoms with Gasteiger partial charge >= 0.3 is 5.97 Å². The predicted molar refractivity (Wildman–Crippen MR) is 122 cm³/mol. The summed E-state index contributed by atoms with van der Waals surface area (Å²) in [5, 5.41) is 20.2. The Kier molecular flexibility index (Phi) is 5.73. The van der Waals surface area contributed by atoms with Gasteiger partial charge < -0.3 is 14.8 Å². The van der Waals surface area contributed by atoms with E-state index in [4.69, 9.17) is 5.11 Å². The molecule has 0 radical (unpaired) electrons. The molecule has 2 N–H and O–H groups in total. The molecule has 6 heteroatoms. The number of para-hydroxylation sites is 1. The van der Waals surface area contributed by atoms with Crippen molar-refractivity contribution in [2.75, 3.05) is 0 Å². The van der Waals surface area contributed by atoms with Crippen molar-refractivity contribution in [3.63, 3.8) is 0 Å². The van der Waals surface area contributed by atoms with Gasteiger partial charge in [-0.3, -0.25) is 9.59 Å². The Labute approximate surface area is 185 Å². The predicted octanol–water partition coefficient (Wildman–Crippen LogP) is 4.94. The van der Waals surface area contributed by atoms with Crippen LogP contribution in [0, 0.1) is 5.82 Å². The highest BCUT2D eigenvalue weighted by atomic mass is 19.1. The minimum Gasteiger partial charge on any atom is -0.481 e. The van der Waals surface area contributed by atoms with Crippen molar-refractivity contribution in [3.05, 3.63) is 65.6 Å². The first kappa shape index (κ1) is 22.0. The lowest BCUT2D eigenvalue weighted by atomic mass is 9.90. The second-order valence-electron chi connectivity index (χ2n) is 8.97. The number of halogens is 1. The van der Waals surface area contributed by atoms with Crippen LogP contribution in [0.5, 0.6) is 0 Å². The summed E-state index contributed by atoms with van der Waals surface area (Å²) >= 11 is 0.